The normalized spacial score (nSPS) is 11.1. The molecule has 0 bridgehead atoms. The predicted molar refractivity (Wildman–Crippen MR) is 207 cm³/mol. The van der Waals surface area contributed by atoms with Gasteiger partial charge in [0.15, 0.2) is 23.2 Å². The summed E-state index contributed by atoms with van der Waals surface area (Å²) in [4.78, 5) is 40.8. The van der Waals surface area contributed by atoms with Gasteiger partial charge in [-0.05, 0) is 76.2 Å². The Balaban J connectivity index is 0.000000174. The number of methoxy groups -OCH3 is 1. The van der Waals surface area contributed by atoms with Crippen LogP contribution >= 0.6 is 0 Å². The van der Waals surface area contributed by atoms with Crippen LogP contribution in [0.3, 0.4) is 0 Å². The lowest BCUT2D eigenvalue weighted by Crippen LogP contribution is -2.03. The van der Waals surface area contributed by atoms with Crippen molar-refractivity contribution in [3.63, 3.8) is 0 Å². The van der Waals surface area contributed by atoms with Crippen molar-refractivity contribution < 1.29 is 28.3 Å². The number of hydrogen-bond donors (Lipinski definition) is 1. The second kappa shape index (κ2) is 16.4. The summed E-state index contributed by atoms with van der Waals surface area (Å²) in [5.74, 6) is 1.66. The molecule has 0 amide bonds. The van der Waals surface area contributed by atoms with Gasteiger partial charge in [0.25, 0.3) is 0 Å². The lowest BCUT2D eigenvalue weighted by atomic mass is 10.1. The Kier molecular flexibility index (Phi) is 10.8. The van der Waals surface area contributed by atoms with E-state index in [4.69, 9.17) is 18.7 Å². The minimum Gasteiger partial charge on any atom is -0.478 e. The number of benzene rings is 2. The van der Waals surface area contributed by atoms with Gasteiger partial charge in [0, 0.05) is 23.2 Å². The van der Waals surface area contributed by atoms with Crippen LogP contribution in [0.1, 0.15) is 60.5 Å². The molecule has 8 aromatic rings. The Labute approximate surface area is 325 Å². The van der Waals surface area contributed by atoms with E-state index in [1.807, 2.05) is 59.4 Å². The van der Waals surface area contributed by atoms with Gasteiger partial charge < -0.3 is 27.8 Å². The molecule has 0 aliphatic carbocycles. The standard InChI is InChI=1S/C21H19N5O3.C20H17N5O3/c1-13(2)26-12-23-25-19(26)16-8-5-9-17(24-16)20-22-11-18(29-20)14-6-4-7-15(10-14)21(27)28-3;1-12(2)25-11-22-24-18(25)15-7-4-8-16(23-15)19-21-10-17(28-19)13-5-3-6-14(9-13)20(26)27/h4-13H,1-3H3;3-12H,1-2H3,(H,26,27). The van der Waals surface area contributed by atoms with Gasteiger partial charge in [0.1, 0.15) is 35.4 Å². The van der Waals surface area contributed by atoms with E-state index in [1.165, 1.54) is 13.2 Å². The average Bonchev–Trinajstić information content (AvgIpc) is 4.08. The molecule has 16 nitrogen and oxygen atoms in total. The Morgan fingerprint density at radius 3 is 1.53 bits per heavy atom. The first-order valence-corrected chi connectivity index (χ1v) is 17.8. The maximum absolute atomic E-state index is 11.8. The monoisotopic (exact) mass is 764 g/mol. The lowest BCUT2D eigenvalue weighted by molar-refractivity contribution is 0.0599. The molecule has 2 aromatic carbocycles. The van der Waals surface area contributed by atoms with Gasteiger partial charge in [-0.3, -0.25) is 0 Å². The van der Waals surface area contributed by atoms with E-state index < -0.39 is 11.9 Å². The van der Waals surface area contributed by atoms with Crippen molar-refractivity contribution in [2.24, 2.45) is 0 Å². The van der Waals surface area contributed by atoms with Crippen molar-refractivity contribution in [3.8, 4) is 68.9 Å². The summed E-state index contributed by atoms with van der Waals surface area (Å²) in [5, 5.41) is 25.5. The molecular weight excluding hydrogens is 729 g/mol. The number of ether oxygens (including phenoxy) is 1. The zero-order valence-electron chi connectivity index (χ0n) is 31.5. The quantitative estimate of drug-likeness (QED) is 0.131. The van der Waals surface area contributed by atoms with Crippen LogP contribution in [0.25, 0.3) is 68.9 Å². The van der Waals surface area contributed by atoms with Gasteiger partial charge in [0.2, 0.25) is 11.8 Å². The number of nitrogens with zero attached hydrogens (tertiary/aromatic N) is 10. The van der Waals surface area contributed by atoms with Crippen molar-refractivity contribution in [1.29, 1.82) is 0 Å². The highest BCUT2D eigenvalue weighted by Crippen LogP contribution is 2.29. The fraction of sp³-hybridized carbons (Fsp3) is 0.171. The van der Waals surface area contributed by atoms with E-state index in [-0.39, 0.29) is 17.6 Å². The van der Waals surface area contributed by atoms with Crippen molar-refractivity contribution >= 4 is 11.9 Å². The molecule has 1 N–H and O–H groups in total. The smallest absolute Gasteiger partial charge is 0.337 e. The third-order valence-corrected chi connectivity index (χ3v) is 8.63. The number of esters is 1. The van der Waals surface area contributed by atoms with Crippen molar-refractivity contribution in [2.45, 2.75) is 39.8 Å². The van der Waals surface area contributed by atoms with Crippen LogP contribution in [0, 0.1) is 0 Å². The van der Waals surface area contributed by atoms with Gasteiger partial charge in [0.05, 0.1) is 30.6 Å². The summed E-state index contributed by atoms with van der Waals surface area (Å²) < 4.78 is 20.4. The van der Waals surface area contributed by atoms with E-state index in [2.05, 4.69) is 54.2 Å². The van der Waals surface area contributed by atoms with E-state index in [0.717, 1.165) is 5.56 Å². The molecule has 0 unspecified atom stereocenters. The van der Waals surface area contributed by atoms with Crippen LogP contribution in [0.15, 0.2) is 119 Å². The summed E-state index contributed by atoms with van der Waals surface area (Å²) in [5.41, 5.74) is 4.46. The summed E-state index contributed by atoms with van der Waals surface area (Å²) >= 11 is 0. The third kappa shape index (κ3) is 8.24. The number of carboxylic acid groups (broad SMARTS) is 1. The predicted octanol–water partition coefficient (Wildman–Crippen LogP) is 7.97. The molecule has 0 radical (unpaired) electrons. The third-order valence-electron chi connectivity index (χ3n) is 8.63. The van der Waals surface area contributed by atoms with Crippen LogP contribution < -0.4 is 0 Å². The largest absolute Gasteiger partial charge is 0.478 e. The maximum atomic E-state index is 11.8. The van der Waals surface area contributed by atoms with Gasteiger partial charge in [-0.15, -0.1) is 20.4 Å². The van der Waals surface area contributed by atoms with E-state index in [9.17, 15) is 9.59 Å². The summed E-state index contributed by atoms with van der Waals surface area (Å²) in [6.45, 7) is 8.20. The van der Waals surface area contributed by atoms with Crippen molar-refractivity contribution in [1.82, 2.24) is 49.5 Å². The van der Waals surface area contributed by atoms with Gasteiger partial charge >= 0.3 is 11.9 Å². The van der Waals surface area contributed by atoms with Gasteiger partial charge in [-0.25, -0.2) is 29.5 Å². The van der Waals surface area contributed by atoms with Gasteiger partial charge in [-0.2, -0.15) is 0 Å². The molecule has 6 heterocycles. The van der Waals surface area contributed by atoms with Crippen LogP contribution in [0.2, 0.25) is 0 Å². The molecule has 6 aromatic heterocycles. The maximum Gasteiger partial charge on any atom is 0.337 e. The van der Waals surface area contributed by atoms with E-state index >= 15 is 0 Å². The Bertz CT molecular complexity index is 2670. The molecule has 8 rings (SSSR count). The number of rotatable bonds is 10. The van der Waals surface area contributed by atoms with Crippen molar-refractivity contribution in [3.05, 3.63) is 121 Å². The zero-order chi connectivity index (χ0) is 40.1. The summed E-state index contributed by atoms with van der Waals surface area (Å²) in [6, 6.07) is 25.0. The first-order valence-electron chi connectivity index (χ1n) is 17.8. The molecule has 0 atom stereocenters. The first-order chi connectivity index (χ1) is 27.6. The van der Waals surface area contributed by atoms with E-state index in [0.29, 0.717) is 68.9 Å². The number of hydrogen-bond acceptors (Lipinski definition) is 13. The number of aromatic nitrogens is 10. The number of carbonyl (C=O) groups is 2. The summed E-state index contributed by atoms with van der Waals surface area (Å²) in [7, 11) is 1.35. The molecule has 0 spiro atoms. The average molecular weight is 765 g/mol. The highest BCUT2D eigenvalue weighted by Gasteiger charge is 2.18. The minimum absolute atomic E-state index is 0.184. The van der Waals surface area contributed by atoms with Crippen LogP contribution in [0.4, 0.5) is 0 Å². The Hall–Kier alpha value is -7.62. The molecule has 0 aliphatic rings. The van der Waals surface area contributed by atoms with Crippen LogP contribution in [-0.2, 0) is 4.74 Å². The first kappa shape index (κ1) is 37.7. The fourth-order valence-electron chi connectivity index (χ4n) is 5.74. The number of oxazole rings is 2. The highest BCUT2D eigenvalue weighted by molar-refractivity contribution is 5.91. The van der Waals surface area contributed by atoms with Crippen molar-refractivity contribution in [2.75, 3.05) is 7.11 Å². The molecular formula is C41H36N10O6. The molecule has 0 saturated heterocycles. The van der Waals surface area contributed by atoms with Crippen LogP contribution in [-0.4, -0.2) is 73.6 Å². The SMILES string of the molecule is CC(C)n1cnnc1-c1cccc(-c2ncc(-c3cccc(C(=O)O)c3)o2)n1.COC(=O)c1cccc(-c2cnc(-c3cccc(-c4nncn4C(C)C)n3)o2)c1. The molecule has 0 saturated carbocycles. The zero-order valence-corrected chi connectivity index (χ0v) is 31.5. The van der Waals surface area contributed by atoms with Crippen LogP contribution in [0.5, 0.6) is 0 Å². The molecule has 0 fully saturated rings. The Morgan fingerprint density at radius 1 is 0.632 bits per heavy atom. The topological polar surface area (TPSA) is 203 Å². The molecule has 57 heavy (non-hydrogen) atoms. The highest BCUT2D eigenvalue weighted by atomic mass is 16.5. The Morgan fingerprint density at radius 2 is 1.07 bits per heavy atom. The molecule has 0 aliphatic heterocycles. The fourth-order valence-corrected chi connectivity index (χ4v) is 5.74. The second-order valence-corrected chi connectivity index (χ2v) is 13.1. The molecule has 286 valence electrons. The van der Waals surface area contributed by atoms with E-state index in [1.54, 1.807) is 67.5 Å². The number of aromatic carboxylic acids is 1. The number of carboxylic acids is 1. The number of pyridine rings is 2. The lowest BCUT2D eigenvalue weighted by Gasteiger charge is -2.09. The molecule has 16 heteroatoms. The van der Waals surface area contributed by atoms with Gasteiger partial charge in [-0.1, -0.05) is 36.4 Å². The summed E-state index contributed by atoms with van der Waals surface area (Å²) in [6.07, 6.45) is 6.52. The minimum atomic E-state index is -0.995. The second-order valence-electron chi connectivity index (χ2n) is 13.1. The number of carbonyl (C=O) groups excluding carboxylic acids is 1.